The maximum atomic E-state index is 12.9. The monoisotopic (exact) mass is 400 g/mol. The molecule has 2 atom stereocenters. The summed E-state index contributed by atoms with van der Waals surface area (Å²) in [5.74, 6) is -0.418. The van der Waals surface area contributed by atoms with E-state index in [0.29, 0.717) is 0 Å². The van der Waals surface area contributed by atoms with Crippen molar-refractivity contribution in [2.24, 2.45) is 0 Å². The third-order valence-corrected chi connectivity index (χ3v) is 6.49. The minimum atomic E-state index is -3.24. The van der Waals surface area contributed by atoms with E-state index in [9.17, 15) is 13.2 Å². The van der Waals surface area contributed by atoms with Crippen LogP contribution in [0.1, 0.15) is 42.9 Å². The number of hydrogen-bond acceptors (Lipinski definition) is 4. The van der Waals surface area contributed by atoms with Crippen molar-refractivity contribution in [3.8, 4) is 0 Å². The van der Waals surface area contributed by atoms with Crippen molar-refractivity contribution in [2.45, 2.75) is 36.6 Å². The summed E-state index contributed by atoms with van der Waals surface area (Å²) >= 11 is 0. The van der Waals surface area contributed by atoms with Gasteiger partial charge in [0.1, 0.15) is 0 Å². The molecule has 0 spiro atoms. The van der Waals surface area contributed by atoms with Gasteiger partial charge in [0, 0.05) is 12.8 Å². The lowest BCUT2D eigenvalue weighted by Gasteiger charge is -2.26. The summed E-state index contributed by atoms with van der Waals surface area (Å²) in [6.45, 7) is 4.79. The Balaban J connectivity index is 1.73. The number of rotatable bonds is 7. The SMILES string of the molecule is CC(C(=O)NC(CN1CCCC1)c1ccccc1)c1ccc(S(C)(=O)=O)cc1. The fraction of sp³-hybridized carbons (Fsp3) is 0.409. The Morgan fingerprint density at radius 1 is 1.00 bits per heavy atom. The Bertz CT molecular complexity index is 889. The first kappa shape index (κ1) is 20.6. The van der Waals surface area contributed by atoms with Crippen LogP contribution in [0.25, 0.3) is 0 Å². The van der Waals surface area contributed by atoms with Crippen LogP contribution >= 0.6 is 0 Å². The summed E-state index contributed by atoms with van der Waals surface area (Å²) < 4.78 is 23.3. The fourth-order valence-electron chi connectivity index (χ4n) is 3.59. The van der Waals surface area contributed by atoms with Crippen LogP contribution in [0.3, 0.4) is 0 Å². The average Bonchev–Trinajstić information content (AvgIpc) is 3.20. The second-order valence-electron chi connectivity index (χ2n) is 7.54. The van der Waals surface area contributed by atoms with Gasteiger partial charge in [0.15, 0.2) is 9.84 Å². The topological polar surface area (TPSA) is 66.5 Å². The van der Waals surface area contributed by atoms with Gasteiger partial charge in [-0.05, 0) is 56.1 Å². The third-order valence-electron chi connectivity index (χ3n) is 5.36. The smallest absolute Gasteiger partial charge is 0.227 e. The second kappa shape index (κ2) is 8.88. The van der Waals surface area contributed by atoms with Gasteiger partial charge in [-0.15, -0.1) is 0 Å². The molecule has 1 N–H and O–H groups in total. The van der Waals surface area contributed by atoms with Crippen LogP contribution in [0.15, 0.2) is 59.5 Å². The number of likely N-dealkylation sites (tertiary alicyclic amines) is 1. The summed E-state index contributed by atoms with van der Waals surface area (Å²) in [7, 11) is -3.24. The molecule has 6 heteroatoms. The van der Waals surface area contributed by atoms with E-state index in [1.165, 1.54) is 19.1 Å². The molecule has 2 aromatic carbocycles. The lowest BCUT2D eigenvalue weighted by Crippen LogP contribution is -2.38. The normalized spacial score (nSPS) is 17.2. The molecule has 1 heterocycles. The Morgan fingerprint density at radius 3 is 2.18 bits per heavy atom. The molecular formula is C22H28N2O3S. The molecular weight excluding hydrogens is 372 g/mol. The van der Waals surface area contributed by atoms with Crippen LogP contribution in [-0.2, 0) is 14.6 Å². The van der Waals surface area contributed by atoms with E-state index in [2.05, 4.69) is 10.2 Å². The molecule has 0 bridgehead atoms. The number of nitrogens with one attached hydrogen (secondary N) is 1. The number of benzene rings is 2. The van der Waals surface area contributed by atoms with E-state index in [1.54, 1.807) is 24.3 Å². The zero-order chi connectivity index (χ0) is 20.1. The first-order valence-corrected chi connectivity index (χ1v) is 11.6. The maximum absolute atomic E-state index is 12.9. The molecule has 0 saturated carbocycles. The van der Waals surface area contributed by atoms with E-state index < -0.39 is 9.84 Å². The first-order valence-electron chi connectivity index (χ1n) is 9.72. The second-order valence-corrected chi connectivity index (χ2v) is 9.56. The minimum absolute atomic E-state index is 0.0554. The Hall–Kier alpha value is -2.18. The minimum Gasteiger partial charge on any atom is -0.347 e. The molecule has 3 rings (SSSR count). The predicted octanol–water partition coefficient (Wildman–Crippen LogP) is 3.15. The zero-order valence-corrected chi connectivity index (χ0v) is 17.3. The maximum Gasteiger partial charge on any atom is 0.227 e. The van der Waals surface area contributed by atoms with Crippen LogP contribution in [0.5, 0.6) is 0 Å². The van der Waals surface area contributed by atoms with Gasteiger partial charge < -0.3 is 10.2 Å². The van der Waals surface area contributed by atoms with Gasteiger partial charge in [-0.3, -0.25) is 4.79 Å². The summed E-state index contributed by atoms with van der Waals surface area (Å²) in [6.07, 6.45) is 3.60. The van der Waals surface area contributed by atoms with Gasteiger partial charge >= 0.3 is 0 Å². The molecule has 1 fully saturated rings. The lowest BCUT2D eigenvalue weighted by molar-refractivity contribution is -0.123. The number of sulfone groups is 1. The van der Waals surface area contributed by atoms with E-state index in [1.807, 2.05) is 37.3 Å². The van der Waals surface area contributed by atoms with Gasteiger partial charge in [-0.25, -0.2) is 8.42 Å². The van der Waals surface area contributed by atoms with Crippen LogP contribution < -0.4 is 5.32 Å². The fourth-order valence-corrected chi connectivity index (χ4v) is 4.23. The number of amides is 1. The number of carbonyl (C=O) groups excluding carboxylic acids is 1. The Kier molecular flexibility index (Phi) is 6.52. The van der Waals surface area contributed by atoms with Gasteiger partial charge in [0.25, 0.3) is 0 Å². The molecule has 0 radical (unpaired) electrons. The van der Waals surface area contributed by atoms with Crippen molar-refractivity contribution in [1.29, 1.82) is 0 Å². The molecule has 1 saturated heterocycles. The molecule has 0 aliphatic carbocycles. The standard InChI is InChI=1S/C22H28N2O3S/c1-17(18-10-12-20(13-11-18)28(2,26)27)22(25)23-21(16-24-14-6-7-15-24)19-8-4-3-5-9-19/h3-5,8-13,17,21H,6-7,14-16H2,1-2H3,(H,23,25). The van der Waals surface area contributed by atoms with Crippen molar-refractivity contribution in [2.75, 3.05) is 25.9 Å². The van der Waals surface area contributed by atoms with Crippen LogP contribution in [-0.4, -0.2) is 45.1 Å². The number of hydrogen-bond donors (Lipinski definition) is 1. The number of nitrogens with zero attached hydrogens (tertiary/aromatic N) is 1. The van der Waals surface area contributed by atoms with E-state index in [0.717, 1.165) is 30.8 Å². The van der Waals surface area contributed by atoms with Gasteiger partial charge in [-0.2, -0.15) is 0 Å². The summed E-state index contributed by atoms with van der Waals surface area (Å²) in [5, 5.41) is 3.20. The highest BCUT2D eigenvalue weighted by atomic mass is 32.2. The first-order chi connectivity index (χ1) is 13.3. The van der Waals surface area contributed by atoms with Crippen LogP contribution in [0.2, 0.25) is 0 Å². The molecule has 1 aliphatic rings. The molecule has 2 aromatic rings. The van der Waals surface area contributed by atoms with Crippen molar-refractivity contribution >= 4 is 15.7 Å². The Morgan fingerprint density at radius 2 is 1.61 bits per heavy atom. The van der Waals surface area contributed by atoms with Gasteiger partial charge in [0.05, 0.1) is 16.9 Å². The molecule has 2 unspecified atom stereocenters. The summed E-state index contributed by atoms with van der Waals surface area (Å²) in [4.78, 5) is 15.6. The molecule has 1 amide bonds. The molecule has 1 aliphatic heterocycles. The zero-order valence-electron chi connectivity index (χ0n) is 16.5. The third kappa shape index (κ3) is 5.20. The average molecular weight is 401 g/mol. The lowest BCUT2D eigenvalue weighted by atomic mass is 9.99. The molecule has 28 heavy (non-hydrogen) atoms. The van der Waals surface area contributed by atoms with Gasteiger partial charge in [-0.1, -0.05) is 42.5 Å². The molecule has 0 aromatic heterocycles. The van der Waals surface area contributed by atoms with Crippen molar-refractivity contribution in [3.05, 3.63) is 65.7 Å². The van der Waals surface area contributed by atoms with E-state index >= 15 is 0 Å². The van der Waals surface area contributed by atoms with Crippen LogP contribution in [0.4, 0.5) is 0 Å². The van der Waals surface area contributed by atoms with Crippen molar-refractivity contribution < 1.29 is 13.2 Å². The largest absolute Gasteiger partial charge is 0.347 e. The summed E-state index contributed by atoms with van der Waals surface area (Å²) in [6, 6.07) is 16.6. The number of carbonyl (C=O) groups is 1. The highest BCUT2D eigenvalue weighted by Gasteiger charge is 2.23. The highest BCUT2D eigenvalue weighted by molar-refractivity contribution is 7.90. The highest BCUT2D eigenvalue weighted by Crippen LogP contribution is 2.22. The Labute approximate surface area is 167 Å². The molecule has 5 nitrogen and oxygen atoms in total. The van der Waals surface area contributed by atoms with Crippen LogP contribution in [0, 0.1) is 0 Å². The predicted molar refractivity (Wildman–Crippen MR) is 111 cm³/mol. The van der Waals surface area contributed by atoms with Crippen molar-refractivity contribution in [3.63, 3.8) is 0 Å². The van der Waals surface area contributed by atoms with E-state index in [4.69, 9.17) is 0 Å². The molecule has 150 valence electrons. The summed E-state index contributed by atoms with van der Waals surface area (Å²) in [5.41, 5.74) is 1.90. The van der Waals surface area contributed by atoms with Crippen molar-refractivity contribution in [1.82, 2.24) is 10.2 Å². The quantitative estimate of drug-likeness (QED) is 0.775. The van der Waals surface area contributed by atoms with E-state index in [-0.39, 0.29) is 22.8 Å². The van der Waals surface area contributed by atoms with Gasteiger partial charge in [0.2, 0.25) is 5.91 Å².